The molecule has 0 amide bonds. The maximum absolute atomic E-state index is 4.70. The maximum Gasteiger partial charge on any atom is 0.0648 e. The van der Waals surface area contributed by atoms with Gasteiger partial charge in [0.2, 0.25) is 0 Å². The fraction of sp³-hybridized carbons (Fsp3) is 0.250. The summed E-state index contributed by atoms with van der Waals surface area (Å²) in [5, 5.41) is 8.25. The molecular weight excluding hydrogens is 282 g/mol. The first-order valence-corrected chi connectivity index (χ1v) is 8.02. The minimum Gasteiger partial charge on any atom is -0.308 e. The predicted molar refractivity (Wildman–Crippen MR) is 94.8 cm³/mol. The van der Waals surface area contributed by atoms with E-state index in [1.807, 2.05) is 22.9 Å². The van der Waals surface area contributed by atoms with Crippen LogP contribution in [0.1, 0.15) is 28.1 Å². The highest BCUT2D eigenvalue weighted by molar-refractivity contribution is 5.37. The number of nitrogens with one attached hydrogen (secondary N) is 1. The predicted octanol–water partition coefficient (Wildman–Crippen LogP) is 4.09. The molecule has 3 rings (SSSR count). The van der Waals surface area contributed by atoms with E-state index in [4.69, 9.17) is 5.10 Å². The Bertz CT molecular complexity index is 788. The summed E-state index contributed by atoms with van der Waals surface area (Å²) >= 11 is 0. The number of rotatable bonds is 5. The van der Waals surface area contributed by atoms with Gasteiger partial charge in [-0.1, -0.05) is 42.5 Å². The number of benzene rings is 2. The molecule has 0 bridgehead atoms. The molecule has 0 fully saturated rings. The average molecular weight is 305 g/mol. The first kappa shape index (κ1) is 15.5. The van der Waals surface area contributed by atoms with Crippen LogP contribution in [0.4, 0.5) is 0 Å². The van der Waals surface area contributed by atoms with Gasteiger partial charge in [-0.05, 0) is 44.0 Å². The van der Waals surface area contributed by atoms with E-state index >= 15 is 0 Å². The fourth-order valence-corrected chi connectivity index (χ4v) is 2.88. The maximum atomic E-state index is 4.70. The number of nitrogens with zero attached hydrogens (tertiary/aromatic N) is 2. The Kier molecular flexibility index (Phi) is 4.58. The van der Waals surface area contributed by atoms with E-state index in [1.165, 1.54) is 22.4 Å². The molecule has 23 heavy (non-hydrogen) atoms. The standard InChI is InChI=1S/C20H23N3/c1-15-9-7-8-10-18(15)13-21-14-20-16(2)22-23(17(20)3)19-11-5-4-6-12-19/h4-12,21H,13-14H2,1-3H3. The minimum absolute atomic E-state index is 0.832. The van der Waals surface area contributed by atoms with E-state index < -0.39 is 0 Å². The van der Waals surface area contributed by atoms with Gasteiger partial charge in [-0.15, -0.1) is 0 Å². The van der Waals surface area contributed by atoms with E-state index in [-0.39, 0.29) is 0 Å². The molecule has 3 heteroatoms. The second-order valence-electron chi connectivity index (χ2n) is 5.93. The number of hydrogen-bond acceptors (Lipinski definition) is 2. The molecule has 0 atom stereocenters. The van der Waals surface area contributed by atoms with Gasteiger partial charge in [0.15, 0.2) is 0 Å². The molecule has 0 unspecified atom stereocenters. The van der Waals surface area contributed by atoms with Crippen LogP contribution in [0.2, 0.25) is 0 Å². The topological polar surface area (TPSA) is 29.9 Å². The van der Waals surface area contributed by atoms with Crippen LogP contribution in [0.3, 0.4) is 0 Å². The van der Waals surface area contributed by atoms with Crippen molar-refractivity contribution in [2.45, 2.75) is 33.9 Å². The van der Waals surface area contributed by atoms with Crippen LogP contribution in [0, 0.1) is 20.8 Å². The van der Waals surface area contributed by atoms with E-state index in [1.54, 1.807) is 0 Å². The van der Waals surface area contributed by atoms with Crippen molar-refractivity contribution in [3.8, 4) is 5.69 Å². The van der Waals surface area contributed by atoms with Gasteiger partial charge in [0, 0.05) is 24.3 Å². The summed E-state index contributed by atoms with van der Waals surface area (Å²) in [6.45, 7) is 8.08. The molecule has 1 aromatic heterocycles. The van der Waals surface area contributed by atoms with Gasteiger partial charge in [-0.2, -0.15) is 5.10 Å². The van der Waals surface area contributed by atoms with E-state index in [0.29, 0.717) is 0 Å². The summed E-state index contributed by atoms with van der Waals surface area (Å²) in [5.41, 5.74) is 7.35. The lowest BCUT2D eigenvalue weighted by molar-refractivity contribution is 0.685. The lowest BCUT2D eigenvalue weighted by atomic mass is 10.1. The zero-order valence-corrected chi connectivity index (χ0v) is 14.0. The van der Waals surface area contributed by atoms with E-state index in [0.717, 1.165) is 24.5 Å². The zero-order valence-electron chi connectivity index (χ0n) is 14.0. The van der Waals surface area contributed by atoms with Crippen LogP contribution < -0.4 is 5.32 Å². The van der Waals surface area contributed by atoms with Crippen LogP contribution in [-0.2, 0) is 13.1 Å². The Morgan fingerprint density at radius 3 is 2.30 bits per heavy atom. The van der Waals surface area contributed by atoms with Gasteiger partial charge in [0.1, 0.15) is 0 Å². The third kappa shape index (κ3) is 3.35. The van der Waals surface area contributed by atoms with Crippen LogP contribution in [0.5, 0.6) is 0 Å². The number of para-hydroxylation sites is 1. The molecule has 1 N–H and O–H groups in total. The molecule has 0 aliphatic heterocycles. The number of aryl methyl sites for hydroxylation is 2. The van der Waals surface area contributed by atoms with Crippen molar-refractivity contribution in [2.24, 2.45) is 0 Å². The van der Waals surface area contributed by atoms with Gasteiger partial charge >= 0.3 is 0 Å². The monoisotopic (exact) mass is 305 g/mol. The lowest BCUT2D eigenvalue weighted by Crippen LogP contribution is -2.14. The summed E-state index contributed by atoms with van der Waals surface area (Å²) in [4.78, 5) is 0. The molecule has 0 radical (unpaired) electrons. The third-order valence-corrected chi connectivity index (χ3v) is 4.32. The van der Waals surface area contributed by atoms with Gasteiger partial charge in [0.05, 0.1) is 11.4 Å². The normalized spacial score (nSPS) is 10.9. The average Bonchev–Trinajstić information content (AvgIpc) is 2.85. The molecule has 118 valence electrons. The molecular formula is C20H23N3. The van der Waals surface area contributed by atoms with Gasteiger partial charge < -0.3 is 5.32 Å². The molecule has 3 nitrogen and oxygen atoms in total. The summed E-state index contributed by atoms with van der Waals surface area (Å²) < 4.78 is 2.03. The second kappa shape index (κ2) is 6.80. The van der Waals surface area contributed by atoms with Crippen molar-refractivity contribution in [1.82, 2.24) is 15.1 Å². The molecule has 1 heterocycles. The molecule has 0 saturated carbocycles. The highest BCUT2D eigenvalue weighted by atomic mass is 15.3. The van der Waals surface area contributed by atoms with Crippen molar-refractivity contribution in [3.05, 3.63) is 82.7 Å². The first-order valence-electron chi connectivity index (χ1n) is 8.02. The Morgan fingerprint density at radius 1 is 0.870 bits per heavy atom. The van der Waals surface area contributed by atoms with Crippen molar-refractivity contribution in [3.63, 3.8) is 0 Å². The molecule has 0 saturated heterocycles. The Morgan fingerprint density at radius 2 is 1.57 bits per heavy atom. The van der Waals surface area contributed by atoms with Crippen molar-refractivity contribution >= 4 is 0 Å². The number of hydrogen-bond donors (Lipinski definition) is 1. The molecule has 2 aromatic carbocycles. The Labute approximate surface area is 138 Å². The molecule has 0 aliphatic rings. The van der Waals surface area contributed by atoms with Crippen LogP contribution >= 0.6 is 0 Å². The van der Waals surface area contributed by atoms with Crippen LogP contribution in [0.15, 0.2) is 54.6 Å². The Balaban J connectivity index is 1.74. The second-order valence-corrected chi connectivity index (χ2v) is 5.93. The van der Waals surface area contributed by atoms with Crippen LogP contribution in [0.25, 0.3) is 5.69 Å². The largest absolute Gasteiger partial charge is 0.308 e. The summed E-state index contributed by atoms with van der Waals surface area (Å²) in [5.74, 6) is 0. The summed E-state index contributed by atoms with van der Waals surface area (Å²) in [7, 11) is 0. The molecule has 0 spiro atoms. The third-order valence-electron chi connectivity index (χ3n) is 4.32. The van der Waals surface area contributed by atoms with Gasteiger partial charge in [-0.25, -0.2) is 4.68 Å². The quantitative estimate of drug-likeness (QED) is 0.769. The Hall–Kier alpha value is -2.39. The van der Waals surface area contributed by atoms with Gasteiger partial charge in [-0.3, -0.25) is 0 Å². The van der Waals surface area contributed by atoms with E-state index in [2.05, 4.69) is 62.5 Å². The first-order chi connectivity index (χ1) is 11.2. The van der Waals surface area contributed by atoms with Crippen molar-refractivity contribution in [2.75, 3.05) is 0 Å². The summed E-state index contributed by atoms with van der Waals surface area (Å²) in [6.07, 6.45) is 0. The van der Waals surface area contributed by atoms with Crippen LogP contribution in [-0.4, -0.2) is 9.78 Å². The minimum atomic E-state index is 0.832. The highest BCUT2D eigenvalue weighted by Crippen LogP contribution is 2.18. The molecule has 3 aromatic rings. The smallest absolute Gasteiger partial charge is 0.0648 e. The SMILES string of the molecule is Cc1ccccc1CNCc1c(C)nn(-c2ccccc2)c1C. The number of aromatic nitrogens is 2. The van der Waals surface area contributed by atoms with Crippen molar-refractivity contribution in [1.29, 1.82) is 0 Å². The van der Waals surface area contributed by atoms with E-state index in [9.17, 15) is 0 Å². The van der Waals surface area contributed by atoms with Crippen molar-refractivity contribution < 1.29 is 0 Å². The van der Waals surface area contributed by atoms with Gasteiger partial charge in [0.25, 0.3) is 0 Å². The summed E-state index contributed by atoms with van der Waals surface area (Å²) in [6, 6.07) is 18.8. The molecule has 0 aliphatic carbocycles. The highest BCUT2D eigenvalue weighted by Gasteiger charge is 2.12. The lowest BCUT2D eigenvalue weighted by Gasteiger charge is -2.09. The zero-order chi connectivity index (χ0) is 16.2. The fourth-order valence-electron chi connectivity index (χ4n) is 2.88.